The van der Waals surface area contributed by atoms with Crippen LogP contribution in [0, 0.1) is 12.7 Å². The molecular weight excluding hydrogens is 289 g/mol. The number of benzene rings is 1. The summed E-state index contributed by atoms with van der Waals surface area (Å²) >= 11 is 0. The molecule has 2 aromatic rings. The lowest BCUT2D eigenvalue weighted by molar-refractivity contribution is 0.0525. The quantitative estimate of drug-likeness (QED) is 0.857. The Morgan fingerprint density at radius 3 is 2.77 bits per heavy atom. The minimum atomic E-state index is -0.524. The number of halogens is 1. The van der Waals surface area contributed by atoms with Gasteiger partial charge in [0.15, 0.2) is 0 Å². The van der Waals surface area contributed by atoms with Crippen molar-refractivity contribution < 1.29 is 18.7 Å². The van der Waals surface area contributed by atoms with E-state index in [1.165, 1.54) is 23.9 Å². The van der Waals surface area contributed by atoms with Crippen molar-refractivity contribution in [1.29, 1.82) is 0 Å². The zero-order valence-electron chi connectivity index (χ0n) is 12.7. The number of nitrogens with zero attached hydrogens (tertiary/aromatic N) is 2. The van der Waals surface area contributed by atoms with Crippen LogP contribution in [0.5, 0.6) is 0 Å². The molecule has 7 heteroatoms. The lowest BCUT2D eigenvalue weighted by atomic mass is 10.1. The minimum absolute atomic E-state index is 0.0912. The Morgan fingerprint density at radius 2 is 2.14 bits per heavy atom. The van der Waals surface area contributed by atoms with Gasteiger partial charge in [0.1, 0.15) is 17.3 Å². The van der Waals surface area contributed by atoms with Gasteiger partial charge in [-0.15, -0.1) is 0 Å². The summed E-state index contributed by atoms with van der Waals surface area (Å²) in [6.07, 6.45) is 0. The van der Waals surface area contributed by atoms with Crippen molar-refractivity contribution in [2.75, 3.05) is 19.5 Å². The Kier molecular flexibility index (Phi) is 4.77. The Morgan fingerprint density at radius 1 is 1.41 bits per heavy atom. The summed E-state index contributed by atoms with van der Waals surface area (Å²) in [5.41, 5.74) is 7.28. The van der Waals surface area contributed by atoms with Crippen LogP contribution in [0.25, 0.3) is 5.69 Å². The van der Waals surface area contributed by atoms with Gasteiger partial charge in [0.2, 0.25) is 0 Å². The maximum Gasteiger partial charge on any atom is 0.338 e. The number of carbonyl (C=O) groups excluding carboxylic acids is 1. The van der Waals surface area contributed by atoms with Gasteiger partial charge in [-0.05, 0) is 31.5 Å². The SMILES string of the molecule is CCOC(=O)c1cc(-n2nc(COC)cc2N)c(F)cc1C. The van der Waals surface area contributed by atoms with Crippen molar-refractivity contribution in [1.82, 2.24) is 9.78 Å². The predicted octanol–water partition coefficient (Wildman–Crippen LogP) is 2.23. The topological polar surface area (TPSA) is 79.4 Å². The molecular formula is C15H18FN3O3. The highest BCUT2D eigenvalue weighted by Crippen LogP contribution is 2.22. The summed E-state index contributed by atoms with van der Waals surface area (Å²) in [4.78, 5) is 11.9. The van der Waals surface area contributed by atoms with Gasteiger partial charge in [0, 0.05) is 13.2 Å². The van der Waals surface area contributed by atoms with Crippen molar-refractivity contribution in [3.05, 3.63) is 40.8 Å². The summed E-state index contributed by atoms with van der Waals surface area (Å²) in [7, 11) is 1.53. The van der Waals surface area contributed by atoms with Crippen LogP contribution in [0.15, 0.2) is 18.2 Å². The molecule has 0 fully saturated rings. The van der Waals surface area contributed by atoms with E-state index >= 15 is 0 Å². The lowest BCUT2D eigenvalue weighted by Gasteiger charge is -2.11. The molecule has 0 saturated heterocycles. The van der Waals surface area contributed by atoms with E-state index in [9.17, 15) is 9.18 Å². The smallest absolute Gasteiger partial charge is 0.338 e. The number of ether oxygens (including phenoxy) is 2. The average molecular weight is 307 g/mol. The largest absolute Gasteiger partial charge is 0.462 e. The first-order valence-corrected chi connectivity index (χ1v) is 6.79. The van der Waals surface area contributed by atoms with E-state index in [0.717, 1.165) is 0 Å². The Labute approximate surface area is 127 Å². The number of anilines is 1. The highest BCUT2D eigenvalue weighted by molar-refractivity contribution is 5.91. The second-order valence-corrected chi connectivity index (χ2v) is 4.74. The summed E-state index contributed by atoms with van der Waals surface area (Å²) in [6.45, 7) is 3.85. The summed E-state index contributed by atoms with van der Waals surface area (Å²) in [5.74, 6) is -0.780. The van der Waals surface area contributed by atoms with E-state index in [4.69, 9.17) is 15.2 Å². The summed E-state index contributed by atoms with van der Waals surface area (Å²) in [5, 5.41) is 4.18. The number of esters is 1. The molecule has 22 heavy (non-hydrogen) atoms. The van der Waals surface area contributed by atoms with Crippen LogP contribution in [0.3, 0.4) is 0 Å². The fraction of sp³-hybridized carbons (Fsp3) is 0.333. The van der Waals surface area contributed by atoms with Gasteiger partial charge in [-0.25, -0.2) is 13.9 Å². The maximum atomic E-state index is 14.2. The average Bonchev–Trinajstić information content (AvgIpc) is 2.80. The number of methoxy groups -OCH3 is 1. The van der Waals surface area contributed by atoms with Crippen LogP contribution in [0.1, 0.15) is 28.5 Å². The number of aromatic nitrogens is 2. The van der Waals surface area contributed by atoms with Gasteiger partial charge in [-0.3, -0.25) is 0 Å². The molecule has 118 valence electrons. The molecule has 1 aromatic heterocycles. The van der Waals surface area contributed by atoms with Crippen molar-refractivity contribution in [2.45, 2.75) is 20.5 Å². The summed E-state index contributed by atoms with van der Waals surface area (Å²) in [6, 6.07) is 4.24. The normalized spacial score (nSPS) is 10.7. The van der Waals surface area contributed by atoms with E-state index in [1.54, 1.807) is 19.9 Å². The molecule has 0 aliphatic rings. The molecule has 0 aliphatic heterocycles. The van der Waals surface area contributed by atoms with Gasteiger partial charge in [0.05, 0.1) is 24.5 Å². The van der Waals surface area contributed by atoms with Crippen molar-refractivity contribution in [3.63, 3.8) is 0 Å². The van der Waals surface area contributed by atoms with Gasteiger partial charge in [-0.2, -0.15) is 5.10 Å². The third-order valence-corrected chi connectivity index (χ3v) is 3.10. The summed E-state index contributed by atoms with van der Waals surface area (Å²) < 4.78 is 25.4. The van der Waals surface area contributed by atoms with Crippen LogP contribution < -0.4 is 5.73 Å². The number of hydrogen-bond acceptors (Lipinski definition) is 5. The molecule has 1 heterocycles. The molecule has 0 atom stereocenters. The Balaban J connectivity index is 2.51. The molecule has 0 radical (unpaired) electrons. The fourth-order valence-corrected chi connectivity index (χ4v) is 2.11. The lowest BCUT2D eigenvalue weighted by Crippen LogP contribution is -2.11. The van der Waals surface area contributed by atoms with Crippen LogP contribution in [-0.4, -0.2) is 29.5 Å². The van der Waals surface area contributed by atoms with Gasteiger partial charge < -0.3 is 15.2 Å². The molecule has 2 rings (SSSR count). The van der Waals surface area contributed by atoms with E-state index in [2.05, 4.69) is 5.10 Å². The monoisotopic (exact) mass is 307 g/mol. The first-order chi connectivity index (χ1) is 10.5. The molecule has 0 amide bonds. The first kappa shape index (κ1) is 16.0. The Bertz CT molecular complexity index is 698. The van der Waals surface area contributed by atoms with Crippen LogP contribution in [0.2, 0.25) is 0 Å². The Hall–Kier alpha value is -2.41. The van der Waals surface area contributed by atoms with Crippen LogP contribution in [-0.2, 0) is 16.1 Å². The van der Waals surface area contributed by atoms with Crippen LogP contribution in [0.4, 0.5) is 10.2 Å². The van der Waals surface area contributed by atoms with E-state index in [0.29, 0.717) is 11.3 Å². The molecule has 6 nitrogen and oxygen atoms in total. The van der Waals surface area contributed by atoms with Crippen molar-refractivity contribution >= 4 is 11.8 Å². The van der Waals surface area contributed by atoms with E-state index in [1.807, 2.05) is 0 Å². The third kappa shape index (κ3) is 3.09. The third-order valence-electron chi connectivity index (χ3n) is 3.10. The molecule has 0 spiro atoms. The number of rotatable bonds is 5. The second-order valence-electron chi connectivity index (χ2n) is 4.74. The first-order valence-electron chi connectivity index (χ1n) is 6.79. The van der Waals surface area contributed by atoms with Crippen LogP contribution >= 0.6 is 0 Å². The van der Waals surface area contributed by atoms with Gasteiger partial charge in [0.25, 0.3) is 0 Å². The van der Waals surface area contributed by atoms with Gasteiger partial charge in [-0.1, -0.05) is 0 Å². The number of carbonyl (C=O) groups is 1. The maximum absolute atomic E-state index is 14.2. The number of nitrogens with two attached hydrogens (primary N) is 1. The molecule has 0 bridgehead atoms. The van der Waals surface area contributed by atoms with E-state index < -0.39 is 11.8 Å². The minimum Gasteiger partial charge on any atom is -0.462 e. The molecule has 2 N–H and O–H groups in total. The highest BCUT2D eigenvalue weighted by Gasteiger charge is 2.18. The second kappa shape index (κ2) is 6.57. The number of hydrogen-bond donors (Lipinski definition) is 1. The molecule has 0 aliphatic carbocycles. The standard InChI is InChI=1S/C15H18FN3O3/c1-4-22-15(20)11-7-13(12(16)5-9(11)2)19-14(17)6-10(18-19)8-21-3/h5-7H,4,8,17H2,1-3H3. The zero-order chi connectivity index (χ0) is 16.3. The predicted molar refractivity (Wildman–Crippen MR) is 79.3 cm³/mol. The molecule has 0 unspecified atom stereocenters. The zero-order valence-corrected chi connectivity index (χ0v) is 12.7. The highest BCUT2D eigenvalue weighted by atomic mass is 19.1. The van der Waals surface area contributed by atoms with Crippen molar-refractivity contribution in [3.8, 4) is 5.69 Å². The fourth-order valence-electron chi connectivity index (χ4n) is 2.11. The van der Waals surface area contributed by atoms with Gasteiger partial charge >= 0.3 is 5.97 Å². The number of nitrogen functional groups attached to an aromatic ring is 1. The molecule has 1 aromatic carbocycles. The van der Waals surface area contributed by atoms with Crippen molar-refractivity contribution in [2.24, 2.45) is 0 Å². The number of aryl methyl sites for hydroxylation is 1. The molecule has 0 saturated carbocycles. The van der Waals surface area contributed by atoms with E-state index in [-0.39, 0.29) is 30.3 Å².